The molecular weight excluding hydrogens is 281 g/mol. The Morgan fingerprint density at radius 3 is 1.80 bits per heavy atom. The van der Waals surface area contributed by atoms with Crippen molar-refractivity contribution in [1.29, 1.82) is 0 Å². The van der Waals surface area contributed by atoms with E-state index < -0.39 is 7.82 Å². The minimum absolute atomic E-state index is 0.0734. The van der Waals surface area contributed by atoms with E-state index in [-0.39, 0.29) is 12.4 Å². The van der Waals surface area contributed by atoms with Crippen LogP contribution in [0.4, 0.5) is 0 Å². The van der Waals surface area contributed by atoms with Crippen LogP contribution in [-0.4, -0.2) is 29.2 Å². The summed E-state index contributed by atoms with van der Waals surface area (Å²) >= 11 is 0. The molecular formula is C13H24NO5P. The van der Waals surface area contributed by atoms with Gasteiger partial charge < -0.3 is 15.5 Å². The van der Waals surface area contributed by atoms with E-state index in [1.807, 2.05) is 36.4 Å². The summed E-state index contributed by atoms with van der Waals surface area (Å²) in [5.41, 5.74) is 4.50. The first-order valence-electron chi connectivity index (χ1n) is 6.25. The van der Waals surface area contributed by atoms with Gasteiger partial charge in [0.2, 0.25) is 0 Å². The van der Waals surface area contributed by atoms with Crippen LogP contribution in [-0.2, 0) is 13.9 Å². The molecule has 1 rings (SSSR count). The second-order valence-corrected chi connectivity index (χ2v) is 4.71. The molecule has 0 atom stereocenters. The Bertz CT molecular complexity index is 340. The van der Waals surface area contributed by atoms with Gasteiger partial charge in [0.1, 0.15) is 5.78 Å². The maximum absolute atomic E-state index is 10.7. The molecule has 0 amide bonds. The molecule has 0 aliphatic heterocycles. The maximum Gasteiger partial charge on any atom is 0.469 e. The molecule has 6 nitrogen and oxygen atoms in total. The fourth-order valence-electron chi connectivity index (χ4n) is 1.01. The SMILES string of the molecule is CCC(=O)CCCOP(=O)(O)O.CN.c1ccccc1. The molecule has 0 radical (unpaired) electrons. The van der Waals surface area contributed by atoms with Crippen LogP contribution in [0.25, 0.3) is 0 Å². The molecule has 0 aliphatic rings. The molecule has 116 valence electrons. The van der Waals surface area contributed by atoms with Gasteiger partial charge in [-0.25, -0.2) is 4.57 Å². The topological polar surface area (TPSA) is 110 Å². The third-order valence-electron chi connectivity index (χ3n) is 1.92. The zero-order chi connectivity index (χ0) is 15.9. The van der Waals surface area contributed by atoms with E-state index in [9.17, 15) is 9.36 Å². The number of benzene rings is 1. The first-order chi connectivity index (χ1) is 9.45. The maximum atomic E-state index is 10.7. The molecule has 1 aromatic rings. The number of nitrogens with two attached hydrogens (primary N) is 1. The number of ketones is 1. The van der Waals surface area contributed by atoms with Crippen LogP contribution < -0.4 is 5.73 Å². The molecule has 0 bridgehead atoms. The predicted octanol–water partition coefficient (Wildman–Crippen LogP) is 2.12. The first-order valence-corrected chi connectivity index (χ1v) is 7.78. The van der Waals surface area contributed by atoms with Gasteiger partial charge in [0.25, 0.3) is 0 Å². The number of phosphoric acid groups is 1. The van der Waals surface area contributed by atoms with Gasteiger partial charge in [-0.2, -0.15) is 0 Å². The molecule has 0 aromatic heterocycles. The van der Waals surface area contributed by atoms with Gasteiger partial charge in [0.05, 0.1) is 6.61 Å². The molecule has 4 N–H and O–H groups in total. The van der Waals surface area contributed by atoms with E-state index >= 15 is 0 Å². The van der Waals surface area contributed by atoms with Crippen molar-refractivity contribution in [3.8, 4) is 0 Å². The van der Waals surface area contributed by atoms with Crippen LogP contribution >= 0.6 is 7.82 Å². The van der Waals surface area contributed by atoms with Gasteiger partial charge in [-0.15, -0.1) is 0 Å². The Hall–Kier alpha value is -1.04. The third kappa shape index (κ3) is 19.3. The van der Waals surface area contributed by atoms with Crippen molar-refractivity contribution >= 4 is 13.6 Å². The fraction of sp³-hybridized carbons (Fsp3) is 0.462. The lowest BCUT2D eigenvalue weighted by Gasteiger charge is -2.03. The zero-order valence-electron chi connectivity index (χ0n) is 11.9. The van der Waals surface area contributed by atoms with Gasteiger partial charge in [0, 0.05) is 12.8 Å². The Morgan fingerprint density at radius 1 is 1.10 bits per heavy atom. The molecule has 20 heavy (non-hydrogen) atoms. The lowest BCUT2D eigenvalue weighted by molar-refractivity contribution is -0.119. The van der Waals surface area contributed by atoms with Crippen molar-refractivity contribution in [2.45, 2.75) is 26.2 Å². The fourth-order valence-corrected chi connectivity index (χ4v) is 1.38. The quantitative estimate of drug-likeness (QED) is 0.548. The Morgan fingerprint density at radius 2 is 1.50 bits per heavy atom. The molecule has 0 spiro atoms. The van der Waals surface area contributed by atoms with Crippen molar-refractivity contribution in [1.82, 2.24) is 0 Å². The van der Waals surface area contributed by atoms with Crippen molar-refractivity contribution in [2.75, 3.05) is 13.7 Å². The van der Waals surface area contributed by atoms with Gasteiger partial charge in [-0.3, -0.25) is 9.32 Å². The van der Waals surface area contributed by atoms with E-state index in [2.05, 4.69) is 10.3 Å². The van der Waals surface area contributed by atoms with Crippen molar-refractivity contribution in [3.05, 3.63) is 36.4 Å². The highest BCUT2D eigenvalue weighted by Gasteiger charge is 2.12. The summed E-state index contributed by atoms with van der Waals surface area (Å²) < 4.78 is 14.3. The molecule has 0 saturated carbocycles. The number of phosphoric ester groups is 1. The number of carbonyl (C=O) groups is 1. The van der Waals surface area contributed by atoms with E-state index in [0.717, 1.165) is 0 Å². The summed E-state index contributed by atoms with van der Waals surface area (Å²) in [6, 6.07) is 12.0. The first kappa shape index (κ1) is 21.3. The van der Waals surface area contributed by atoms with Gasteiger partial charge in [-0.1, -0.05) is 43.3 Å². The minimum Gasteiger partial charge on any atom is -0.333 e. The Labute approximate surface area is 120 Å². The highest BCUT2D eigenvalue weighted by molar-refractivity contribution is 7.46. The lowest BCUT2D eigenvalue weighted by atomic mass is 10.2. The molecule has 0 heterocycles. The number of hydrogen-bond acceptors (Lipinski definition) is 4. The lowest BCUT2D eigenvalue weighted by Crippen LogP contribution is -1.98. The molecule has 0 fully saturated rings. The normalized spacial score (nSPS) is 9.65. The standard InChI is InChI=1S/C6H13O5P.C6H6.CH5N/c1-2-6(7)4-3-5-11-12(8,9)10;1-2-4-6-5-3-1;1-2/h2-5H2,1H3,(H2,8,9,10);1-6H;2H2,1H3. The minimum atomic E-state index is -4.35. The number of carbonyl (C=O) groups excluding carboxylic acids is 1. The summed E-state index contributed by atoms with van der Waals surface area (Å²) in [6.45, 7) is 1.67. The largest absolute Gasteiger partial charge is 0.469 e. The van der Waals surface area contributed by atoms with E-state index in [1.165, 1.54) is 7.05 Å². The summed E-state index contributed by atoms with van der Waals surface area (Å²) in [5, 5.41) is 0. The molecule has 0 unspecified atom stereocenters. The number of hydrogen-bond donors (Lipinski definition) is 3. The summed E-state index contributed by atoms with van der Waals surface area (Å²) in [7, 11) is -2.85. The average molecular weight is 305 g/mol. The zero-order valence-corrected chi connectivity index (χ0v) is 12.8. The summed E-state index contributed by atoms with van der Waals surface area (Å²) in [5.74, 6) is 0.0734. The molecule has 1 aromatic carbocycles. The van der Waals surface area contributed by atoms with Crippen LogP contribution in [0.5, 0.6) is 0 Å². The summed E-state index contributed by atoms with van der Waals surface area (Å²) in [6.07, 6.45) is 1.13. The van der Waals surface area contributed by atoms with Crippen molar-refractivity contribution in [2.24, 2.45) is 5.73 Å². The van der Waals surface area contributed by atoms with Crippen LogP contribution in [0.15, 0.2) is 36.4 Å². The highest BCUT2D eigenvalue weighted by atomic mass is 31.2. The van der Waals surface area contributed by atoms with Gasteiger partial charge in [0.15, 0.2) is 0 Å². The van der Waals surface area contributed by atoms with Gasteiger partial charge in [-0.05, 0) is 13.5 Å². The predicted molar refractivity (Wildman–Crippen MR) is 79.1 cm³/mol. The third-order valence-corrected chi connectivity index (χ3v) is 2.44. The van der Waals surface area contributed by atoms with E-state index in [0.29, 0.717) is 19.3 Å². The van der Waals surface area contributed by atoms with Crippen molar-refractivity contribution in [3.63, 3.8) is 0 Å². The van der Waals surface area contributed by atoms with E-state index in [4.69, 9.17) is 9.79 Å². The van der Waals surface area contributed by atoms with E-state index in [1.54, 1.807) is 6.92 Å². The molecule has 7 heteroatoms. The molecule has 0 aliphatic carbocycles. The number of rotatable bonds is 6. The van der Waals surface area contributed by atoms with Gasteiger partial charge >= 0.3 is 7.82 Å². The summed E-state index contributed by atoms with van der Waals surface area (Å²) in [4.78, 5) is 27.2. The average Bonchev–Trinajstić information content (AvgIpc) is 2.47. The van der Waals surface area contributed by atoms with Crippen LogP contribution in [0.3, 0.4) is 0 Å². The second kappa shape index (κ2) is 14.4. The van der Waals surface area contributed by atoms with Crippen LogP contribution in [0, 0.1) is 0 Å². The van der Waals surface area contributed by atoms with Crippen LogP contribution in [0.2, 0.25) is 0 Å². The van der Waals surface area contributed by atoms with Crippen LogP contribution in [0.1, 0.15) is 26.2 Å². The monoisotopic (exact) mass is 305 g/mol. The molecule has 0 saturated heterocycles. The second-order valence-electron chi connectivity index (χ2n) is 3.47. The van der Waals surface area contributed by atoms with Crippen molar-refractivity contribution < 1.29 is 23.7 Å². The highest BCUT2D eigenvalue weighted by Crippen LogP contribution is 2.35. The Balaban J connectivity index is 0. The Kier molecular flexibility index (Phi) is 15.3. The smallest absolute Gasteiger partial charge is 0.333 e. The number of Topliss-reactive ketones (excluding diaryl/α,β-unsaturated/α-hetero) is 1.